The van der Waals surface area contributed by atoms with E-state index in [4.69, 9.17) is 10.5 Å². The number of nitrogens with zero attached hydrogens (tertiary/aromatic N) is 1. The van der Waals surface area contributed by atoms with E-state index in [-0.39, 0.29) is 18.5 Å². The number of anilines is 1. The van der Waals surface area contributed by atoms with E-state index in [1.807, 2.05) is 22.6 Å². The van der Waals surface area contributed by atoms with Crippen LogP contribution < -0.4 is 10.6 Å². The van der Waals surface area contributed by atoms with Crippen molar-refractivity contribution in [2.45, 2.75) is 6.10 Å². The molecule has 1 aromatic rings. The first-order valence-corrected chi connectivity index (χ1v) is 5.83. The number of hydrogen-bond acceptors (Lipinski definition) is 3. The highest BCUT2D eigenvalue weighted by atomic mass is 127. The second-order valence-corrected chi connectivity index (χ2v) is 4.61. The summed E-state index contributed by atoms with van der Waals surface area (Å²) in [7, 11) is 0. The second-order valence-electron chi connectivity index (χ2n) is 3.45. The largest absolute Gasteiger partial charge is 0.443 e. The summed E-state index contributed by atoms with van der Waals surface area (Å²) in [5.74, 6) is -0.345. The molecule has 1 amide bonds. The van der Waals surface area contributed by atoms with Gasteiger partial charge in [-0.2, -0.15) is 0 Å². The van der Waals surface area contributed by atoms with Crippen molar-refractivity contribution >= 4 is 34.4 Å². The van der Waals surface area contributed by atoms with Crippen molar-refractivity contribution in [1.29, 1.82) is 0 Å². The highest BCUT2D eigenvalue weighted by Gasteiger charge is 2.31. The van der Waals surface area contributed by atoms with E-state index in [1.54, 1.807) is 12.1 Å². The number of hydrogen-bond donors (Lipinski definition) is 1. The summed E-state index contributed by atoms with van der Waals surface area (Å²) < 4.78 is 18.8. The average molecular weight is 336 g/mol. The zero-order valence-electron chi connectivity index (χ0n) is 8.32. The first-order chi connectivity index (χ1) is 7.61. The molecule has 1 saturated heterocycles. The van der Waals surface area contributed by atoms with Crippen molar-refractivity contribution in [3.8, 4) is 0 Å². The van der Waals surface area contributed by atoms with Gasteiger partial charge in [0.15, 0.2) is 0 Å². The lowest BCUT2D eigenvalue weighted by Gasteiger charge is -2.12. The third kappa shape index (κ3) is 2.12. The van der Waals surface area contributed by atoms with Gasteiger partial charge >= 0.3 is 6.09 Å². The van der Waals surface area contributed by atoms with E-state index in [0.29, 0.717) is 15.8 Å². The minimum Gasteiger partial charge on any atom is -0.443 e. The number of benzene rings is 1. The molecule has 16 heavy (non-hydrogen) atoms. The van der Waals surface area contributed by atoms with Gasteiger partial charge in [-0.1, -0.05) is 0 Å². The van der Waals surface area contributed by atoms with Crippen LogP contribution in [0, 0.1) is 9.39 Å². The number of carbonyl (C=O) groups is 1. The van der Waals surface area contributed by atoms with Crippen molar-refractivity contribution in [2.75, 3.05) is 18.0 Å². The number of halogens is 2. The molecule has 1 aromatic carbocycles. The van der Waals surface area contributed by atoms with Gasteiger partial charge in [0.1, 0.15) is 11.9 Å². The Hall–Kier alpha value is -0.890. The van der Waals surface area contributed by atoms with Crippen molar-refractivity contribution < 1.29 is 13.9 Å². The lowest BCUT2D eigenvalue weighted by Crippen LogP contribution is -2.27. The molecule has 6 heteroatoms. The maximum absolute atomic E-state index is 13.3. The number of rotatable bonds is 2. The molecular formula is C10H10FIN2O2. The van der Waals surface area contributed by atoms with Gasteiger partial charge in [-0.25, -0.2) is 9.18 Å². The lowest BCUT2D eigenvalue weighted by molar-refractivity contribution is 0.145. The molecule has 1 fully saturated rings. The highest BCUT2D eigenvalue weighted by molar-refractivity contribution is 14.1. The van der Waals surface area contributed by atoms with Gasteiger partial charge in [0.05, 0.1) is 12.2 Å². The molecule has 1 aliphatic heterocycles. The smallest absolute Gasteiger partial charge is 0.414 e. The number of cyclic esters (lactones) is 1. The Bertz CT molecular complexity index is 427. The number of nitrogens with two attached hydrogens (primary N) is 1. The monoisotopic (exact) mass is 336 g/mol. The van der Waals surface area contributed by atoms with Crippen LogP contribution in [0.15, 0.2) is 18.2 Å². The first kappa shape index (κ1) is 11.6. The zero-order valence-corrected chi connectivity index (χ0v) is 10.5. The maximum Gasteiger partial charge on any atom is 0.414 e. The average Bonchev–Trinajstić information content (AvgIpc) is 2.64. The number of amides is 1. The predicted octanol–water partition coefficient (Wildman–Crippen LogP) is 1.71. The summed E-state index contributed by atoms with van der Waals surface area (Å²) >= 11 is 1.89. The Morgan fingerprint density at radius 3 is 2.94 bits per heavy atom. The molecule has 2 rings (SSSR count). The predicted molar refractivity (Wildman–Crippen MR) is 65.8 cm³/mol. The topological polar surface area (TPSA) is 55.6 Å². The van der Waals surface area contributed by atoms with Crippen LogP contribution in [0.5, 0.6) is 0 Å². The molecule has 1 aliphatic rings. The molecule has 2 N–H and O–H groups in total. The Morgan fingerprint density at radius 1 is 1.62 bits per heavy atom. The van der Waals surface area contributed by atoms with Crippen LogP contribution in [0.3, 0.4) is 0 Å². The van der Waals surface area contributed by atoms with Crippen LogP contribution in [0.25, 0.3) is 0 Å². The molecule has 0 radical (unpaired) electrons. The number of ether oxygens (including phenoxy) is 1. The quantitative estimate of drug-likeness (QED) is 0.837. The maximum atomic E-state index is 13.3. The summed E-state index contributed by atoms with van der Waals surface area (Å²) in [5.41, 5.74) is 5.91. The molecule has 0 aromatic heterocycles. The van der Waals surface area contributed by atoms with Crippen molar-refractivity contribution in [2.24, 2.45) is 5.73 Å². The standard InChI is InChI=1S/C10H10FIN2O2/c11-8-3-6(1-2-9(8)12)14-5-7(4-13)16-10(14)15/h1-3,7H,4-5,13H2/t7-/m1/s1. The van der Waals surface area contributed by atoms with Gasteiger partial charge in [0.2, 0.25) is 0 Å². The molecule has 4 nitrogen and oxygen atoms in total. The van der Waals surface area contributed by atoms with Gasteiger partial charge in [-0.15, -0.1) is 0 Å². The van der Waals surface area contributed by atoms with Crippen LogP contribution >= 0.6 is 22.6 Å². The lowest BCUT2D eigenvalue weighted by atomic mass is 10.2. The highest BCUT2D eigenvalue weighted by Crippen LogP contribution is 2.24. The fourth-order valence-electron chi connectivity index (χ4n) is 1.51. The summed E-state index contributed by atoms with van der Waals surface area (Å²) in [6.45, 7) is 0.643. The molecule has 0 aliphatic carbocycles. The minimum atomic E-state index is -0.476. The summed E-state index contributed by atoms with van der Waals surface area (Å²) in [6, 6.07) is 4.63. The van der Waals surface area contributed by atoms with E-state index < -0.39 is 6.09 Å². The van der Waals surface area contributed by atoms with E-state index in [0.717, 1.165) is 0 Å². The first-order valence-electron chi connectivity index (χ1n) is 4.75. The molecular weight excluding hydrogens is 326 g/mol. The third-order valence-corrected chi connectivity index (χ3v) is 3.23. The van der Waals surface area contributed by atoms with Crippen LogP contribution in [-0.2, 0) is 4.74 Å². The SMILES string of the molecule is NC[C@@H]1CN(c2ccc(I)c(F)c2)C(=O)O1. The van der Waals surface area contributed by atoms with E-state index in [1.165, 1.54) is 11.0 Å². The summed E-state index contributed by atoms with van der Waals surface area (Å²) in [4.78, 5) is 12.8. The van der Waals surface area contributed by atoms with Crippen molar-refractivity contribution in [3.05, 3.63) is 27.6 Å². The van der Waals surface area contributed by atoms with Gasteiger partial charge in [-0.3, -0.25) is 4.90 Å². The van der Waals surface area contributed by atoms with Crippen LogP contribution in [0.1, 0.15) is 0 Å². The fraction of sp³-hybridized carbons (Fsp3) is 0.300. The molecule has 0 bridgehead atoms. The molecule has 0 unspecified atom stereocenters. The molecule has 1 atom stereocenters. The normalized spacial score (nSPS) is 20.1. The van der Waals surface area contributed by atoms with Crippen LogP contribution in [-0.4, -0.2) is 25.3 Å². The Kier molecular flexibility index (Phi) is 3.29. The fourth-order valence-corrected chi connectivity index (χ4v) is 1.84. The van der Waals surface area contributed by atoms with Crippen LogP contribution in [0.4, 0.5) is 14.9 Å². The van der Waals surface area contributed by atoms with Crippen LogP contribution in [0.2, 0.25) is 0 Å². The second kappa shape index (κ2) is 4.54. The van der Waals surface area contributed by atoms with Gasteiger partial charge < -0.3 is 10.5 Å². The van der Waals surface area contributed by atoms with E-state index in [2.05, 4.69) is 0 Å². The zero-order chi connectivity index (χ0) is 11.7. The Labute approximate surface area is 106 Å². The van der Waals surface area contributed by atoms with E-state index in [9.17, 15) is 9.18 Å². The van der Waals surface area contributed by atoms with Crippen molar-refractivity contribution in [1.82, 2.24) is 0 Å². The molecule has 0 saturated carbocycles. The minimum absolute atomic E-state index is 0.273. The van der Waals surface area contributed by atoms with Gasteiger partial charge in [0.25, 0.3) is 0 Å². The molecule has 0 spiro atoms. The number of carbonyl (C=O) groups excluding carboxylic acids is 1. The van der Waals surface area contributed by atoms with Gasteiger partial charge in [0, 0.05) is 10.1 Å². The Morgan fingerprint density at radius 2 is 2.38 bits per heavy atom. The van der Waals surface area contributed by atoms with Crippen molar-refractivity contribution in [3.63, 3.8) is 0 Å². The third-order valence-electron chi connectivity index (χ3n) is 2.35. The molecule has 86 valence electrons. The summed E-state index contributed by atoms with van der Waals surface area (Å²) in [5, 5.41) is 0. The Balaban J connectivity index is 2.24. The summed E-state index contributed by atoms with van der Waals surface area (Å²) in [6.07, 6.45) is -0.786. The van der Waals surface area contributed by atoms with E-state index >= 15 is 0 Å². The molecule has 1 heterocycles. The van der Waals surface area contributed by atoms with Gasteiger partial charge in [-0.05, 0) is 40.8 Å².